The number of hydrogen-bond donors (Lipinski definition) is 1. The van der Waals surface area contributed by atoms with Crippen LogP contribution in [0.2, 0.25) is 0 Å². The van der Waals surface area contributed by atoms with Crippen molar-refractivity contribution in [3.05, 3.63) is 28.5 Å². The Bertz CT molecular complexity index is 293. The molecule has 1 aliphatic heterocycles. The lowest BCUT2D eigenvalue weighted by Gasteiger charge is -2.26. The van der Waals surface area contributed by atoms with E-state index in [2.05, 4.69) is 37.2 Å². The maximum atomic E-state index is 4.23. The SMILES string of the molecule is Brc1ccc(CCN2CCNCC2)cn1. The zero-order valence-corrected chi connectivity index (χ0v) is 10.3. The van der Waals surface area contributed by atoms with Gasteiger partial charge in [0.1, 0.15) is 4.60 Å². The van der Waals surface area contributed by atoms with Gasteiger partial charge in [-0.05, 0) is 34.0 Å². The summed E-state index contributed by atoms with van der Waals surface area (Å²) < 4.78 is 0.911. The van der Waals surface area contributed by atoms with Gasteiger partial charge in [0.25, 0.3) is 0 Å². The maximum absolute atomic E-state index is 4.23. The van der Waals surface area contributed by atoms with Crippen LogP contribution in [0.15, 0.2) is 22.9 Å². The molecule has 1 aromatic heterocycles. The van der Waals surface area contributed by atoms with Crippen LogP contribution >= 0.6 is 15.9 Å². The van der Waals surface area contributed by atoms with Gasteiger partial charge < -0.3 is 10.2 Å². The fourth-order valence-electron chi connectivity index (χ4n) is 1.78. The first-order chi connectivity index (χ1) is 7.34. The van der Waals surface area contributed by atoms with Crippen molar-refractivity contribution in [1.29, 1.82) is 0 Å². The number of pyridine rings is 1. The van der Waals surface area contributed by atoms with Gasteiger partial charge in [0, 0.05) is 38.9 Å². The van der Waals surface area contributed by atoms with Crippen molar-refractivity contribution in [3.8, 4) is 0 Å². The molecular weight excluding hydrogens is 254 g/mol. The molecule has 2 heterocycles. The molecule has 1 aliphatic rings. The van der Waals surface area contributed by atoms with Crippen LogP contribution in [-0.4, -0.2) is 42.6 Å². The number of aromatic nitrogens is 1. The van der Waals surface area contributed by atoms with Crippen LogP contribution in [0.1, 0.15) is 5.56 Å². The largest absolute Gasteiger partial charge is 0.314 e. The lowest BCUT2D eigenvalue weighted by atomic mass is 10.2. The summed E-state index contributed by atoms with van der Waals surface area (Å²) in [5.74, 6) is 0. The van der Waals surface area contributed by atoms with E-state index in [1.165, 1.54) is 18.7 Å². The van der Waals surface area contributed by atoms with Crippen molar-refractivity contribution < 1.29 is 0 Å². The van der Waals surface area contributed by atoms with E-state index in [9.17, 15) is 0 Å². The van der Waals surface area contributed by atoms with E-state index in [0.29, 0.717) is 0 Å². The Kier molecular flexibility index (Phi) is 4.11. The van der Waals surface area contributed by atoms with E-state index in [1.807, 2.05) is 12.3 Å². The van der Waals surface area contributed by atoms with Gasteiger partial charge in [0.15, 0.2) is 0 Å². The van der Waals surface area contributed by atoms with E-state index in [-0.39, 0.29) is 0 Å². The van der Waals surface area contributed by atoms with Gasteiger partial charge in [0.2, 0.25) is 0 Å². The number of nitrogens with zero attached hydrogens (tertiary/aromatic N) is 2. The third-order valence-electron chi connectivity index (χ3n) is 2.71. The van der Waals surface area contributed by atoms with Crippen molar-refractivity contribution in [2.45, 2.75) is 6.42 Å². The molecule has 15 heavy (non-hydrogen) atoms. The van der Waals surface area contributed by atoms with Gasteiger partial charge in [0.05, 0.1) is 0 Å². The Morgan fingerprint density at radius 1 is 1.33 bits per heavy atom. The topological polar surface area (TPSA) is 28.2 Å². The Morgan fingerprint density at radius 2 is 2.13 bits per heavy atom. The summed E-state index contributed by atoms with van der Waals surface area (Å²) in [7, 11) is 0. The number of halogens is 1. The Hall–Kier alpha value is -0.450. The van der Waals surface area contributed by atoms with E-state index >= 15 is 0 Å². The van der Waals surface area contributed by atoms with Crippen LogP contribution in [0.4, 0.5) is 0 Å². The van der Waals surface area contributed by atoms with E-state index < -0.39 is 0 Å². The molecule has 4 heteroatoms. The van der Waals surface area contributed by atoms with Crippen LogP contribution in [0.25, 0.3) is 0 Å². The zero-order chi connectivity index (χ0) is 10.5. The second kappa shape index (κ2) is 5.58. The van der Waals surface area contributed by atoms with Gasteiger partial charge in [-0.1, -0.05) is 6.07 Å². The molecule has 82 valence electrons. The van der Waals surface area contributed by atoms with Crippen molar-refractivity contribution in [2.24, 2.45) is 0 Å². The smallest absolute Gasteiger partial charge is 0.106 e. The fraction of sp³-hybridized carbons (Fsp3) is 0.545. The van der Waals surface area contributed by atoms with Crippen molar-refractivity contribution in [1.82, 2.24) is 15.2 Å². The first-order valence-electron chi connectivity index (χ1n) is 5.38. The minimum absolute atomic E-state index is 0.911. The number of rotatable bonds is 3. The third-order valence-corrected chi connectivity index (χ3v) is 3.18. The zero-order valence-electron chi connectivity index (χ0n) is 8.75. The molecule has 0 bridgehead atoms. The van der Waals surface area contributed by atoms with Crippen molar-refractivity contribution >= 4 is 15.9 Å². The Balaban J connectivity index is 1.79. The minimum Gasteiger partial charge on any atom is -0.314 e. The van der Waals surface area contributed by atoms with Gasteiger partial charge >= 0.3 is 0 Å². The molecule has 1 saturated heterocycles. The molecule has 0 saturated carbocycles. The fourth-order valence-corrected chi connectivity index (χ4v) is 2.01. The number of hydrogen-bond acceptors (Lipinski definition) is 3. The highest BCUT2D eigenvalue weighted by molar-refractivity contribution is 9.10. The van der Waals surface area contributed by atoms with Crippen LogP contribution in [0.5, 0.6) is 0 Å². The van der Waals surface area contributed by atoms with E-state index in [0.717, 1.165) is 30.7 Å². The van der Waals surface area contributed by atoms with Gasteiger partial charge in [-0.25, -0.2) is 4.98 Å². The Morgan fingerprint density at radius 3 is 2.80 bits per heavy atom. The van der Waals surface area contributed by atoms with Crippen LogP contribution in [0.3, 0.4) is 0 Å². The van der Waals surface area contributed by atoms with Crippen molar-refractivity contribution in [3.63, 3.8) is 0 Å². The highest BCUT2D eigenvalue weighted by Gasteiger charge is 2.08. The quantitative estimate of drug-likeness (QED) is 0.839. The second-order valence-electron chi connectivity index (χ2n) is 3.83. The number of piperazine rings is 1. The lowest BCUT2D eigenvalue weighted by molar-refractivity contribution is 0.244. The van der Waals surface area contributed by atoms with Crippen LogP contribution in [0, 0.1) is 0 Å². The van der Waals surface area contributed by atoms with E-state index in [4.69, 9.17) is 0 Å². The average Bonchev–Trinajstić information content (AvgIpc) is 2.30. The summed E-state index contributed by atoms with van der Waals surface area (Å²) in [6, 6.07) is 4.15. The Labute approximate surface area is 99.0 Å². The maximum Gasteiger partial charge on any atom is 0.106 e. The molecule has 0 unspecified atom stereocenters. The molecule has 1 fully saturated rings. The molecule has 2 rings (SSSR count). The summed E-state index contributed by atoms with van der Waals surface area (Å²) in [4.78, 5) is 6.73. The molecule has 0 atom stereocenters. The molecule has 1 aromatic rings. The molecule has 1 N–H and O–H groups in total. The molecule has 0 aliphatic carbocycles. The molecule has 0 amide bonds. The summed E-state index contributed by atoms with van der Waals surface area (Å²) in [6.45, 7) is 5.73. The first-order valence-corrected chi connectivity index (χ1v) is 6.17. The molecule has 0 spiro atoms. The highest BCUT2D eigenvalue weighted by Crippen LogP contribution is 2.07. The van der Waals surface area contributed by atoms with Crippen molar-refractivity contribution in [2.75, 3.05) is 32.7 Å². The third kappa shape index (κ3) is 3.55. The molecule has 0 radical (unpaired) electrons. The predicted molar refractivity (Wildman–Crippen MR) is 65.0 cm³/mol. The van der Waals surface area contributed by atoms with E-state index in [1.54, 1.807) is 0 Å². The molecule has 3 nitrogen and oxygen atoms in total. The molecular formula is C11H16BrN3. The summed E-state index contributed by atoms with van der Waals surface area (Å²) in [5.41, 5.74) is 1.32. The summed E-state index contributed by atoms with van der Waals surface area (Å²) >= 11 is 3.34. The first kappa shape index (κ1) is 11.0. The monoisotopic (exact) mass is 269 g/mol. The summed E-state index contributed by atoms with van der Waals surface area (Å²) in [5, 5.41) is 3.36. The van der Waals surface area contributed by atoms with Gasteiger partial charge in [-0.15, -0.1) is 0 Å². The minimum atomic E-state index is 0.911. The predicted octanol–water partition coefficient (Wildman–Crippen LogP) is 1.29. The standard InChI is InChI=1S/C11H16BrN3/c12-11-2-1-10(9-14-11)3-6-15-7-4-13-5-8-15/h1-2,9,13H,3-8H2. The van der Waals surface area contributed by atoms with Gasteiger partial charge in [-0.2, -0.15) is 0 Å². The van der Waals surface area contributed by atoms with Crippen LogP contribution in [-0.2, 0) is 6.42 Å². The summed E-state index contributed by atoms with van der Waals surface area (Å²) in [6.07, 6.45) is 3.05. The molecule has 0 aromatic carbocycles. The number of nitrogens with one attached hydrogen (secondary N) is 1. The lowest BCUT2D eigenvalue weighted by Crippen LogP contribution is -2.44. The second-order valence-corrected chi connectivity index (χ2v) is 4.64. The van der Waals surface area contributed by atoms with Crippen LogP contribution < -0.4 is 5.32 Å². The van der Waals surface area contributed by atoms with Gasteiger partial charge in [-0.3, -0.25) is 0 Å². The average molecular weight is 270 g/mol. The highest BCUT2D eigenvalue weighted by atomic mass is 79.9. The normalized spacial score (nSPS) is 17.9.